The van der Waals surface area contributed by atoms with Crippen LogP contribution in [0.1, 0.15) is 22.8 Å². The lowest BCUT2D eigenvalue weighted by Crippen LogP contribution is -2.55. The zero-order chi connectivity index (χ0) is 15.8. The maximum atomic E-state index is 12.5. The Labute approximate surface area is 130 Å². The zero-order valence-electron chi connectivity index (χ0n) is 12.3. The van der Waals surface area contributed by atoms with Crippen molar-refractivity contribution in [2.45, 2.75) is 19.9 Å². The highest BCUT2D eigenvalue weighted by atomic mass is 35.5. The van der Waals surface area contributed by atoms with Gasteiger partial charge in [-0.1, -0.05) is 11.6 Å². The quantitative estimate of drug-likeness (QED) is 0.830. The van der Waals surface area contributed by atoms with Gasteiger partial charge < -0.3 is 4.90 Å². The van der Waals surface area contributed by atoms with Gasteiger partial charge in [0.1, 0.15) is 0 Å². The van der Waals surface area contributed by atoms with Gasteiger partial charge >= 0.3 is 0 Å². The van der Waals surface area contributed by atoms with Crippen LogP contribution >= 0.6 is 11.6 Å². The van der Waals surface area contributed by atoms with E-state index in [0.29, 0.717) is 30.2 Å². The number of piperazine rings is 1. The normalized spacial score (nSPS) is 20.6. The average molecular weight is 331 g/mol. The second-order valence-corrected chi connectivity index (χ2v) is 7.80. The summed E-state index contributed by atoms with van der Waals surface area (Å²) in [5.74, 6) is -0.0795. The minimum atomic E-state index is -3.22. The fourth-order valence-electron chi connectivity index (χ4n) is 2.66. The van der Waals surface area contributed by atoms with Crippen molar-refractivity contribution in [3.05, 3.63) is 34.3 Å². The van der Waals surface area contributed by atoms with Gasteiger partial charge in [0.15, 0.2) is 0 Å². The first-order valence-corrected chi connectivity index (χ1v) is 8.95. The van der Waals surface area contributed by atoms with Crippen molar-refractivity contribution in [1.82, 2.24) is 9.21 Å². The smallest absolute Gasteiger partial charge is 0.254 e. The summed E-state index contributed by atoms with van der Waals surface area (Å²) in [4.78, 5) is 14.2. The third kappa shape index (κ3) is 3.56. The topological polar surface area (TPSA) is 57.7 Å². The number of aryl methyl sites for hydroxylation is 1. The number of benzene rings is 1. The van der Waals surface area contributed by atoms with Gasteiger partial charge in [0.25, 0.3) is 5.91 Å². The third-order valence-electron chi connectivity index (χ3n) is 3.70. The molecule has 1 atom stereocenters. The predicted octanol–water partition coefficient (Wildman–Crippen LogP) is 1.75. The summed E-state index contributed by atoms with van der Waals surface area (Å²) in [5.41, 5.74) is 1.44. The molecule has 1 amide bonds. The highest BCUT2D eigenvalue weighted by Crippen LogP contribution is 2.20. The molecule has 1 heterocycles. The molecular formula is C14H19ClN2O3S. The standard InChI is InChI=1S/C14H19ClN2O3S/c1-10-8-12(15)4-5-13(10)14(18)16-6-7-17(11(2)9-16)21(3,19)20/h4-5,8,11H,6-7,9H2,1-3H3/t11-/m0/s1. The van der Waals surface area contributed by atoms with E-state index in [1.54, 1.807) is 23.1 Å². The second-order valence-electron chi connectivity index (χ2n) is 5.43. The van der Waals surface area contributed by atoms with Crippen molar-refractivity contribution in [3.8, 4) is 0 Å². The molecule has 0 N–H and O–H groups in total. The van der Waals surface area contributed by atoms with Crippen LogP contribution in [-0.4, -0.2) is 55.5 Å². The van der Waals surface area contributed by atoms with Crippen LogP contribution in [0.4, 0.5) is 0 Å². The summed E-state index contributed by atoms with van der Waals surface area (Å²) in [6, 6.07) is 4.95. The van der Waals surface area contributed by atoms with E-state index in [9.17, 15) is 13.2 Å². The van der Waals surface area contributed by atoms with Gasteiger partial charge in [0, 0.05) is 36.3 Å². The zero-order valence-corrected chi connectivity index (χ0v) is 13.9. The van der Waals surface area contributed by atoms with Crippen molar-refractivity contribution in [2.24, 2.45) is 0 Å². The molecule has 1 aliphatic heterocycles. The Balaban J connectivity index is 2.16. The summed E-state index contributed by atoms with van der Waals surface area (Å²) in [5, 5.41) is 0.597. The minimum Gasteiger partial charge on any atom is -0.336 e. The molecule has 0 saturated carbocycles. The lowest BCUT2D eigenvalue weighted by molar-refractivity contribution is 0.0642. The minimum absolute atomic E-state index is 0.0795. The number of carbonyl (C=O) groups excluding carboxylic acids is 1. The van der Waals surface area contributed by atoms with Crippen LogP contribution in [0.15, 0.2) is 18.2 Å². The maximum Gasteiger partial charge on any atom is 0.254 e. The van der Waals surface area contributed by atoms with Gasteiger partial charge in [-0.3, -0.25) is 4.79 Å². The van der Waals surface area contributed by atoms with Gasteiger partial charge in [-0.2, -0.15) is 4.31 Å². The van der Waals surface area contributed by atoms with Gasteiger partial charge in [-0.05, 0) is 37.6 Å². The Bertz CT molecular complexity index is 660. The van der Waals surface area contributed by atoms with Crippen LogP contribution < -0.4 is 0 Å². The first kappa shape index (κ1) is 16.3. The van der Waals surface area contributed by atoms with Crippen molar-refractivity contribution in [3.63, 3.8) is 0 Å². The molecule has 116 valence electrons. The second kappa shape index (κ2) is 5.94. The number of sulfonamides is 1. The summed E-state index contributed by atoms with van der Waals surface area (Å²) in [7, 11) is -3.22. The highest BCUT2D eigenvalue weighted by molar-refractivity contribution is 7.88. The van der Waals surface area contributed by atoms with E-state index in [4.69, 9.17) is 11.6 Å². The molecule has 1 aromatic carbocycles. The number of rotatable bonds is 2. The van der Waals surface area contributed by atoms with Crippen LogP contribution in [-0.2, 0) is 10.0 Å². The molecule has 1 aromatic rings. The van der Waals surface area contributed by atoms with E-state index in [-0.39, 0.29) is 11.9 Å². The number of carbonyl (C=O) groups is 1. The number of nitrogens with zero attached hydrogens (tertiary/aromatic N) is 2. The Morgan fingerprint density at radius 3 is 2.52 bits per heavy atom. The van der Waals surface area contributed by atoms with E-state index in [1.165, 1.54) is 10.6 Å². The highest BCUT2D eigenvalue weighted by Gasteiger charge is 2.32. The van der Waals surface area contributed by atoms with Crippen molar-refractivity contribution in [1.29, 1.82) is 0 Å². The molecule has 2 rings (SSSR count). The van der Waals surface area contributed by atoms with Gasteiger partial charge in [0.2, 0.25) is 10.0 Å². The van der Waals surface area contributed by atoms with Crippen molar-refractivity contribution < 1.29 is 13.2 Å². The number of halogens is 1. The molecular weight excluding hydrogens is 312 g/mol. The Kier molecular flexibility index (Phi) is 4.60. The largest absolute Gasteiger partial charge is 0.336 e. The fourth-order valence-corrected chi connectivity index (χ4v) is 4.02. The summed E-state index contributed by atoms with van der Waals surface area (Å²) in [6.07, 6.45) is 1.20. The van der Waals surface area contributed by atoms with E-state index < -0.39 is 10.0 Å². The Morgan fingerprint density at radius 1 is 1.33 bits per heavy atom. The maximum absolute atomic E-state index is 12.5. The van der Waals surface area contributed by atoms with E-state index >= 15 is 0 Å². The van der Waals surface area contributed by atoms with Crippen LogP contribution in [0.25, 0.3) is 0 Å². The van der Waals surface area contributed by atoms with Crippen LogP contribution in [0, 0.1) is 6.92 Å². The fraction of sp³-hybridized carbons (Fsp3) is 0.500. The van der Waals surface area contributed by atoms with Gasteiger partial charge in [0.05, 0.1) is 6.26 Å². The molecule has 0 aliphatic carbocycles. The molecule has 0 radical (unpaired) electrons. The molecule has 0 bridgehead atoms. The lowest BCUT2D eigenvalue weighted by atomic mass is 10.1. The summed E-state index contributed by atoms with van der Waals surface area (Å²) < 4.78 is 24.7. The molecule has 5 nitrogen and oxygen atoms in total. The molecule has 1 saturated heterocycles. The molecule has 0 aromatic heterocycles. The number of hydrogen-bond donors (Lipinski definition) is 0. The van der Waals surface area contributed by atoms with Crippen LogP contribution in [0.3, 0.4) is 0 Å². The average Bonchev–Trinajstić information content (AvgIpc) is 2.36. The molecule has 0 unspecified atom stereocenters. The molecule has 7 heteroatoms. The summed E-state index contributed by atoms with van der Waals surface area (Å²) >= 11 is 5.90. The van der Waals surface area contributed by atoms with E-state index in [0.717, 1.165) is 5.56 Å². The number of amides is 1. The van der Waals surface area contributed by atoms with Crippen LogP contribution in [0.5, 0.6) is 0 Å². The van der Waals surface area contributed by atoms with Crippen LogP contribution in [0.2, 0.25) is 5.02 Å². The summed E-state index contributed by atoms with van der Waals surface area (Å²) in [6.45, 7) is 4.79. The van der Waals surface area contributed by atoms with Gasteiger partial charge in [-0.15, -0.1) is 0 Å². The van der Waals surface area contributed by atoms with Crippen molar-refractivity contribution in [2.75, 3.05) is 25.9 Å². The SMILES string of the molecule is Cc1cc(Cl)ccc1C(=O)N1CCN(S(C)(=O)=O)[C@@H](C)C1. The molecule has 21 heavy (non-hydrogen) atoms. The van der Waals surface area contributed by atoms with Gasteiger partial charge in [-0.25, -0.2) is 8.42 Å². The first-order valence-electron chi connectivity index (χ1n) is 6.72. The first-order chi connectivity index (χ1) is 9.70. The third-order valence-corrected chi connectivity index (χ3v) is 5.33. The number of hydrogen-bond acceptors (Lipinski definition) is 3. The Morgan fingerprint density at radius 2 is 2.00 bits per heavy atom. The molecule has 1 fully saturated rings. The Hall–Kier alpha value is -1.11. The van der Waals surface area contributed by atoms with E-state index in [2.05, 4.69) is 0 Å². The lowest BCUT2D eigenvalue weighted by Gasteiger charge is -2.38. The van der Waals surface area contributed by atoms with E-state index in [1.807, 2.05) is 13.8 Å². The molecule has 1 aliphatic rings. The monoisotopic (exact) mass is 330 g/mol. The molecule has 0 spiro atoms. The predicted molar refractivity (Wildman–Crippen MR) is 83.1 cm³/mol. The van der Waals surface area contributed by atoms with Crippen molar-refractivity contribution >= 4 is 27.5 Å².